The molecule has 8 nitrogen and oxygen atoms in total. The van der Waals surface area contributed by atoms with Crippen LogP contribution in [0.3, 0.4) is 0 Å². The Morgan fingerprint density at radius 3 is 2.47 bits per heavy atom. The highest BCUT2D eigenvalue weighted by Crippen LogP contribution is 2.27. The van der Waals surface area contributed by atoms with Crippen LogP contribution in [0.4, 0.5) is 0 Å². The number of aromatic nitrogens is 2. The molecule has 1 aromatic heterocycles. The van der Waals surface area contributed by atoms with E-state index in [4.69, 9.17) is 9.47 Å². The summed E-state index contributed by atoms with van der Waals surface area (Å²) >= 11 is 0. The zero-order valence-electron chi connectivity index (χ0n) is 17.4. The molecule has 0 spiro atoms. The maximum absolute atomic E-state index is 12.4. The molecule has 2 N–H and O–H groups in total. The monoisotopic (exact) mass is 410 g/mol. The number of hydrogen-bond donors (Lipinski definition) is 2. The molecule has 0 saturated carbocycles. The summed E-state index contributed by atoms with van der Waals surface area (Å²) in [6.45, 7) is 2.07. The minimum Gasteiger partial charge on any atom is -0.493 e. The smallest absolute Gasteiger partial charge is 0.258 e. The first-order valence-corrected chi connectivity index (χ1v) is 9.78. The molecule has 0 saturated heterocycles. The van der Waals surface area contributed by atoms with Crippen LogP contribution < -0.4 is 20.3 Å². The molecule has 2 amide bonds. The second-order valence-corrected chi connectivity index (χ2v) is 6.74. The zero-order chi connectivity index (χ0) is 21.5. The molecular formula is C22H26N4O4. The number of nitrogens with zero attached hydrogens (tertiary/aromatic N) is 2. The third-order valence-electron chi connectivity index (χ3n) is 4.78. The van der Waals surface area contributed by atoms with Crippen molar-refractivity contribution in [3.8, 4) is 11.5 Å². The van der Waals surface area contributed by atoms with E-state index in [0.29, 0.717) is 24.3 Å². The molecule has 0 atom stereocenters. The van der Waals surface area contributed by atoms with Crippen LogP contribution in [0.5, 0.6) is 11.5 Å². The lowest BCUT2D eigenvalue weighted by atomic mass is 10.1. The van der Waals surface area contributed by atoms with Crippen molar-refractivity contribution in [2.75, 3.05) is 14.2 Å². The molecule has 0 aliphatic carbocycles. The first kappa shape index (κ1) is 21.2. The molecule has 0 radical (unpaired) electrons. The van der Waals surface area contributed by atoms with Gasteiger partial charge < -0.3 is 14.0 Å². The average Bonchev–Trinajstić information content (AvgIpc) is 3.13. The van der Waals surface area contributed by atoms with E-state index < -0.39 is 0 Å². The summed E-state index contributed by atoms with van der Waals surface area (Å²) in [6, 6.07) is 13.2. The molecule has 0 aliphatic heterocycles. The SMILES string of the molecule is CCc1nc2ccccc2n1CC(=O)NNC(=O)CCc1ccc(OC)c(OC)c1. The minimum absolute atomic E-state index is 0.0830. The van der Waals surface area contributed by atoms with Gasteiger partial charge in [-0.1, -0.05) is 25.1 Å². The van der Waals surface area contributed by atoms with Gasteiger partial charge in [0.05, 0.1) is 25.3 Å². The van der Waals surface area contributed by atoms with E-state index in [1.807, 2.05) is 47.9 Å². The standard InChI is InChI=1S/C22H26N4O4/c1-4-20-23-16-7-5-6-8-17(16)26(20)14-22(28)25-24-21(27)12-10-15-9-11-18(29-2)19(13-15)30-3/h5-9,11,13H,4,10,12,14H2,1-3H3,(H,24,27)(H,25,28). The van der Waals surface area contributed by atoms with Gasteiger partial charge in [-0.25, -0.2) is 4.98 Å². The van der Waals surface area contributed by atoms with E-state index in [9.17, 15) is 9.59 Å². The first-order chi connectivity index (χ1) is 14.5. The Morgan fingerprint density at radius 1 is 1.00 bits per heavy atom. The summed E-state index contributed by atoms with van der Waals surface area (Å²) in [4.78, 5) is 29.0. The highest BCUT2D eigenvalue weighted by molar-refractivity contribution is 5.84. The van der Waals surface area contributed by atoms with Crippen LogP contribution >= 0.6 is 0 Å². The van der Waals surface area contributed by atoms with Crippen LogP contribution in [0.25, 0.3) is 11.0 Å². The summed E-state index contributed by atoms with van der Waals surface area (Å²) in [5.74, 6) is 1.49. The van der Waals surface area contributed by atoms with Crippen LogP contribution in [-0.2, 0) is 29.0 Å². The number of imidazole rings is 1. The summed E-state index contributed by atoms with van der Waals surface area (Å²) in [5.41, 5.74) is 7.63. The number of aryl methyl sites for hydroxylation is 2. The number of nitrogens with one attached hydrogen (secondary N) is 2. The maximum atomic E-state index is 12.4. The molecule has 0 fully saturated rings. The molecular weight excluding hydrogens is 384 g/mol. The molecule has 8 heteroatoms. The first-order valence-electron chi connectivity index (χ1n) is 9.78. The molecule has 0 unspecified atom stereocenters. The largest absolute Gasteiger partial charge is 0.493 e. The molecule has 0 bridgehead atoms. The van der Waals surface area contributed by atoms with E-state index in [1.165, 1.54) is 0 Å². The van der Waals surface area contributed by atoms with Crippen LogP contribution in [0.1, 0.15) is 24.7 Å². The van der Waals surface area contributed by atoms with E-state index >= 15 is 0 Å². The molecule has 30 heavy (non-hydrogen) atoms. The lowest BCUT2D eigenvalue weighted by molar-refractivity contribution is -0.129. The fraction of sp³-hybridized carbons (Fsp3) is 0.318. The Labute approximate surface area is 175 Å². The van der Waals surface area contributed by atoms with Gasteiger partial charge in [0.15, 0.2) is 11.5 Å². The fourth-order valence-electron chi connectivity index (χ4n) is 3.25. The number of rotatable bonds is 8. The topological polar surface area (TPSA) is 94.5 Å². The van der Waals surface area contributed by atoms with Crippen LogP contribution in [-0.4, -0.2) is 35.6 Å². The van der Waals surface area contributed by atoms with Crippen molar-refractivity contribution in [2.45, 2.75) is 32.7 Å². The summed E-state index contributed by atoms with van der Waals surface area (Å²) in [6.07, 6.45) is 1.44. The van der Waals surface area contributed by atoms with Crippen molar-refractivity contribution >= 4 is 22.8 Å². The van der Waals surface area contributed by atoms with Gasteiger partial charge in [0, 0.05) is 12.8 Å². The Kier molecular flexibility index (Phi) is 6.90. The van der Waals surface area contributed by atoms with Crippen molar-refractivity contribution in [1.29, 1.82) is 0 Å². The van der Waals surface area contributed by atoms with Gasteiger partial charge in [0.2, 0.25) is 5.91 Å². The molecule has 3 rings (SSSR count). The normalized spacial score (nSPS) is 10.6. The molecule has 158 valence electrons. The summed E-state index contributed by atoms with van der Waals surface area (Å²) < 4.78 is 12.3. The van der Waals surface area contributed by atoms with Crippen molar-refractivity contribution in [3.63, 3.8) is 0 Å². The lowest BCUT2D eigenvalue weighted by Crippen LogP contribution is -2.43. The Hall–Kier alpha value is -3.55. The van der Waals surface area contributed by atoms with E-state index in [1.54, 1.807) is 20.3 Å². The number of carbonyl (C=O) groups is 2. The Balaban J connectivity index is 1.52. The summed E-state index contributed by atoms with van der Waals surface area (Å²) in [5, 5.41) is 0. The van der Waals surface area contributed by atoms with Gasteiger partial charge in [0.1, 0.15) is 12.4 Å². The van der Waals surface area contributed by atoms with Gasteiger partial charge in [-0.2, -0.15) is 0 Å². The molecule has 0 aliphatic rings. The number of carbonyl (C=O) groups excluding carboxylic acids is 2. The van der Waals surface area contributed by atoms with Gasteiger partial charge in [-0.05, 0) is 36.2 Å². The third-order valence-corrected chi connectivity index (χ3v) is 4.78. The predicted molar refractivity (Wildman–Crippen MR) is 113 cm³/mol. The molecule has 1 heterocycles. The highest BCUT2D eigenvalue weighted by atomic mass is 16.5. The Morgan fingerprint density at radius 2 is 1.73 bits per heavy atom. The number of hydrazine groups is 1. The number of amides is 2. The van der Waals surface area contributed by atoms with Gasteiger partial charge in [0.25, 0.3) is 5.91 Å². The van der Waals surface area contributed by atoms with Crippen molar-refractivity contribution in [2.24, 2.45) is 0 Å². The van der Waals surface area contributed by atoms with Crippen molar-refractivity contribution < 1.29 is 19.1 Å². The number of fused-ring (bicyclic) bond motifs is 1. The number of hydrogen-bond acceptors (Lipinski definition) is 5. The van der Waals surface area contributed by atoms with Crippen molar-refractivity contribution in [3.05, 3.63) is 53.9 Å². The van der Waals surface area contributed by atoms with Crippen LogP contribution in [0.15, 0.2) is 42.5 Å². The summed E-state index contributed by atoms with van der Waals surface area (Å²) in [7, 11) is 3.14. The maximum Gasteiger partial charge on any atom is 0.258 e. The number of para-hydroxylation sites is 2. The van der Waals surface area contributed by atoms with E-state index in [-0.39, 0.29) is 24.8 Å². The zero-order valence-corrected chi connectivity index (χ0v) is 17.4. The molecule has 3 aromatic rings. The third kappa shape index (κ3) is 4.89. The number of methoxy groups -OCH3 is 2. The van der Waals surface area contributed by atoms with Gasteiger partial charge in [-0.15, -0.1) is 0 Å². The second kappa shape index (κ2) is 9.78. The quantitative estimate of drug-likeness (QED) is 0.556. The van der Waals surface area contributed by atoms with Gasteiger partial charge in [-0.3, -0.25) is 20.4 Å². The average molecular weight is 410 g/mol. The van der Waals surface area contributed by atoms with Crippen LogP contribution in [0.2, 0.25) is 0 Å². The van der Waals surface area contributed by atoms with E-state index in [2.05, 4.69) is 15.8 Å². The Bertz CT molecular complexity index is 1040. The number of benzene rings is 2. The number of ether oxygens (including phenoxy) is 2. The molecule has 2 aromatic carbocycles. The van der Waals surface area contributed by atoms with E-state index in [0.717, 1.165) is 22.4 Å². The predicted octanol–water partition coefficient (Wildman–Crippen LogP) is 2.40. The van der Waals surface area contributed by atoms with Crippen molar-refractivity contribution in [1.82, 2.24) is 20.4 Å². The minimum atomic E-state index is -0.313. The van der Waals surface area contributed by atoms with Gasteiger partial charge >= 0.3 is 0 Å². The second-order valence-electron chi connectivity index (χ2n) is 6.74. The fourth-order valence-corrected chi connectivity index (χ4v) is 3.25. The highest BCUT2D eigenvalue weighted by Gasteiger charge is 2.13. The lowest BCUT2D eigenvalue weighted by Gasteiger charge is -2.11. The van der Waals surface area contributed by atoms with Crippen LogP contribution in [0, 0.1) is 0 Å².